The third-order valence-electron chi connectivity index (χ3n) is 3.07. The van der Waals surface area contributed by atoms with Gasteiger partial charge in [-0.2, -0.15) is 4.37 Å². The minimum absolute atomic E-state index is 0.103. The maximum Gasteiger partial charge on any atom is 0.182 e. The van der Waals surface area contributed by atoms with Crippen molar-refractivity contribution in [2.75, 3.05) is 17.3 Å². The lowest BCUT2D eigenvalue weighted by Crippen LogP contribution is -2.16. The molecule has 0 spiro atoms. The van der Waals surface area contributed by atoms with E-state index in [0.717, 1.165) is 30.6 Å². The average Bonchev–Trinajstić information content (AvgIpc) is 2.73. The summed E-state index contributed by atoms with van der Waals surface area (Å²) in [7, 11) is -3.32. The number of nitrogen functional groups attached to an aromatic ring is 1. The SMILES string of the molecule is CC1CCC(Nc2snc(N)c2S(C)(=O)=O)C1. The maximum atomic E-state index is 11.6. The van der Waals surface area contributed by atoms with Crippen LogP contribution in [0.1, 0.15) is 26.2 Å². The first-order valence-electron chi connectivity index (χ1n) is 5.59. The van der Waals surface area contributed by atoms with Crippen LogP contribution in [-0.2, 0) is 9.84 Å². The third-order valence-corrected chi connectivity index (χ3v) is 5.15. The summed E-state index contributed by atoms with van der Waals surface area (Å²) >= 11 is 1.13. The minimum Gasteiger partial charge on any atom is -0.382 e. The molecule has 0 aliphatic heterocycles. The van der Waals surface area contributed by atoms with E-state index in [-0.39, 0.29) is 10.7 Å². The van der Waals surface area contributed by atoms with Crippen molar-refractivity contribution in [1.29, 1.82) is 0 Å². The summed E-state index contributed by atoms with van der Waals surface area (Å²) in [5, 5.41) is 3.85. The van der Waals surface area contributed by atoms with Gasteiger partial charge in [0, 0.05) is 12.3 Å². The molecule has 0 amide bonds. The minimum atomic E-state index is -3.32. The van der Waals surface area contributed by atoms with Crippen LogP contribution in [0.2, 0.25) is 0 Å². The van der Waals surface area contributed by atoms with Crippen molar-refractivity contribution in [3.63, 3.8) is 0 Å². The van der Waals surface area contributed by atoms with Crippen LogP contribution in [0.4, 0.5) is 10.8 Å². The van der Waals surface area contributed by atoms with Gasteiger partial charge in [-0.05, 0) is 36.7 Å². The molecule has 0 saturated heterocycles. The van der Waals surface area contributed by atoms with Gasteiger partial charge in [-0.25, -0.2) is 8.42 Å². The second-order valence-corrected chi connectivity index (χ2v) is 7.48. The molecule has 0 aromatic carbocycles. The van der Waals surface area contributed by atoms with Gasteiger partial charge in [0.25, 0.3) is 0 Å². The van der Waals surface area contributed by atoms with Crippen LogP contribution < -0.4 is 11.1 Å². The number of aromatic nitrogens is 1. The van der Waals surface area contributed by atoms with Gasteiger partial charge in [0.2, 0.25) is 0 Å². The predicted octanol–water partition coefficient (Wildman–Crippen LogP) is 1.73. The number of hydrogen-bond donors (Lipinski definition) is 2. The number of nitrogens with zero attached hydrogens (tertiary/aromatic N) is 1. The van der Waals surface area contributed by atoms with Crippen LogP contribution in [-0.4, -0.2) is 25.1 Å². The monoisotopic (exact) mass is 275 g/mol. The zero-order valence-corrected chi connectivity index (χ0v) is 11.6. The first kappa shape index (κ1) is 12.6. The Morgan fingerprint density at radius 2 is 2.18 bits per heavy atom. The Bertz CT molecular complexity index is 510. The van der Waals surface area contributed by atoms with Crippen LogP contribution in [0.3, 0.4) is 0 Å². The first-order valence-corrected chi connectivity index (χ1v) is 8.26. The third kappa shape index (κ3) is 2.71. The van der Waals surface area contributed by atoms with Crippen LogP contribution >= 0.6 is 11.5 Å². The van der Waals surface area contributed by atoms with Crippen molar-refractivity contribution in [1.82, 2.24) is 4.37 Å². The van der Waals surface area contributed by atoms with Crippen molar-refractivity contribution >= 4 is 32.2 Å². The lowest BCUT2D eigenvalue weighted by molar-refractivity contribution is 0.600. The number of nitrogens with two attached hydrogens (primary N) is 1. The normalized spacial score (nSPS) is 25.1. The van der Waals surface area contributed by atoms with E-state index >= 15 is 0 Å². The topological polar surface area (TPSA) is 85.1 Å². The fourth-order valence-electron chi connectivity index (χ4n) is 2.27. The zero-order chi connectivity index (χ0) is 12.6. The van der Waals surface area contributed by atoms with Crippen LogP contribution in [0.5, 0.6) is 0 Å². The highest BCUT2D eigenvalue weighted by atomic mass is 32.2. The Balaban J connectivity index is 2.22. The lowest BCUT2D eigenvalue weighted by Gasteiger charge is -2.12. The highest BCUT2D eigenvalue weighted by molar-refractivity contribution is 7.91. The van der Waals surface area contributed by atoms with E-state index < -0.39 is 9.84 Å². The van der Waals surface area contributed by atoms with Gasteiger partial charge in [-0.1, -0.05) is 6.92 Å². The molecule has 2 rings (SSSR count). The second-order valence-electron chi connectivity index (χ2n) is 4.76. The predicted molar refractivity (Wildman–Crippen MR) is 70.1 cm³/mol. The highest BCUT2D eigenvalue weighted by Crippen LogP contribution is 2.35. The van der Waals surface area contributed by atoms with Gasteiger partial charge in [-0.15, -0.1) is 0 Å². The average molecular weight is 275 g/mol. The summed E-state index contributed by atoms with van der Waals surface area (Å²) in [6.07, 6.45) is 4.49. The van der Waals surface area contributed by atoms with Gasteiger partial charge in [0.05, 0.1) is 0 Å². The zero-order valence-electron chi connectivity index (χ0n) is 9.93. The Morgan fingerprint density at radius 1 is 1.47 bits per heavy atom. The van der Waals surface area contributed by atoms with E-state index in [9.17, 15) is 8.42 Å². The molecular weight excluding hydrogens is 258 g/mol. The molecule has 1 aromatic rings. The van der Waals surface area contributed by atoms with Gasteiger partial charge >= 0.3 is 0 Å². The smallest absolute Gasteiger partial charge is 0.182 e. The molecule has 1 heterocycles. The Morgan fingerprint density at radius 3 is 2.71 bits per heavy atom. The Hall–Kier alpha value is -0.820. The molecule has 2 atom stereocenters. The molecule has 17 heavy (non-hydrogen) atoms. The van der Waals surface area contributed by atoms with Crippen molar-refractivity contribution in [3.8, 4) is 0 Å². The number of hydrogen-bond acceptors (Lipinski definition) is 6. The molecule has 0 bridgehead atoms. The van der Waals surface area contributed by atoms with E-state index in [0.29, 0.717) is 17.0 Å². The van der Waals surface area contributed by atoms with Gasteiger partial charge < -0.3 is 11.1 Å². The van der Waals surface area contributed by atoms with E-state index in [1.165, 1.54) is 6.42 Å². The molecule has 5 nitrogen and oxygen atoms in total. The number of nitrogens with one attached hydrogen (secondary N) is 1. The van der Waals surface area contributed by atoms with E-state index in [2.05, 4.69) is 16.6 Å². The molecule has 1 aliphatic rings. The molecule has 3 N–H and O–H groups in total. The fraction of sp³-hybridized carbons (Fsp3) is 0.700. The van der Waals surface area contributed by atoms with Crippen LogP contribution in [0.25, 0.3) is 0 Å². The molecule has 7 heteroatoms. The largest absolute Gasteiger partial charge is 0.382 e. The summed E-state index contributed by atoms with van der Waals surface area (Å²) in [5.41, 5.74) is 5.61. The maximum absolute atomic E-state index is 11.6. The first-order chi connectivity index (χ1) is 7.88. The molecular formula is C10H17N3O2S2. The van der Waals surface area contributed by atoms with Crippen molar-refractivity contribution in [2.45, 2.75) is 37.1 Å². The fourth-order valence-corrected chi connectivity index (χ4v) is 4.40. The number of sulfone groups is 1. The molecule has 1 aromatic heterocycles. The molecule has 1 saturated carbocycles. The van der Waals surface area contributed by atoms with E-state index in [1.54, 1.807) is 0 Å². The summed E-state index contributed by atoms with van der Waals surface area (Å²) in [5.74, 6) is 0.797. The molecule has 1 fully saturated rings. The Labute approximate surface area is 105 Å². The lowest BCUT2D eigenvalue weighted by atomic mass is 10.1. The quantitative estimate of drug-likeness (QED) is 0.877. The summed E-state index contributed by atoms with van der Waals surface area (Å²) in [6, 6.07) is 0.338. The van der Waals surface area contributed by atoms with Gasteiger partial charge in [-0.3, -0.25) is 0 Å². The van der Waals surface area contributed by atoms with Gasteiger partial charge in [0.1, 0.15) is 9.90 Å². The molecule has 2 unspecified atom stereocenters. The Kier molecular flexibility index (Phi) is 3.31. The molecule has 0 radical (unpaired) electrons. The van der Waals surface area contributed by atoms with Crippen molar-refractivity contribution in [2.24, 2.45) is 5.92 Å². The molecule has 1 aliphatic carbocycles. The molecule has 96 valence electrons. The number of rotatable bonds is 3. The standard InChI is InChI=1S/C10H17N3O2S2/c1-6-3-4-7(5-6)12-10-8(17(2,14)15)9(11)13-16-10/h6-7,12H,3-5H2,1-2H3,(H2,11,13). The second kappa shape index (κ2) is 4.45. The van der Waals surface area contributed by atoms with Crippen molar-refractivity contribution in [3.05, 3.63) is 0 Å². The van der Waals surface area contributed by atoms with Gasteiger partial charge in [0.15, 0.2) is 15.7 Å². The number of anilines is 2. The van der Waals surface area contributed by atoms with Crippen LogP contribution in [0.15, 0.2) is 4.90 Å². The van der Waals surface area contributed by atoms with Crippen molar-refractivity contribution < 1.29 is 8.42 Å². The highest BCUT2D eigenvalue weighted by Gasteiger charge is 2.26. The summed E-state index contributed by atoms with van der Waals surface area (Å²) in [4.78, 5) is 0.155. The summed E-state index contributed by atoms with van der Waals surface area (Å²) < 4.78 is 27.2. The summed E-state index contributed by atoms with van der Waals surface area (Å²) in [6.45, 7) is 2.21. The van der Waals surface area contributed by atoms with E-state index in [4.69, 9.17) is 5.73 Å². The van der Waals surface area contributed by atoms with Crippen LogP contribution in [0, 0.1) is 5.92 Å². The van der Waals surface area contributed by atoms with E-state index in [1.807, 2.05) is 0 Å².